The molecule has 13 heteroatoms. The van der Waals surface area contributed by atoms with Crippen molar-refractivity contribution in [3.05, 3.63) is 71.2 Å². The molecule has 44 heavy (non-hydrogen) atoms. The maximum absolute atomic E-state index is 14.3. The Bertz CT molecular complexity index is 1580. The first-order chi connectivity index (χ1) is 20.9. The minimum Gasteiger partial charge on any atom is -0.497 e. The number of hydrogen-bond donors (Lipinski definition) is 1. The predicted octanol–water partition coefficient (Wildman–Crippen LogP) is 4.51. The van der Waals surface area contributed by atoms with E-state index in [2.05, 4.69) is 5.32 Å². The zero-order chi connectivity index (χ0) is 32.6. The molecule has 3 aromatic carbocycles. The van der Waals surface area contributed by atoms with Crippen LogP contribution >= 0.6 is 11.6 Å². The van der Waals surface area contributed by atoms with E-state index in [9.17, 15) is 18.0 Å². The van der Waals surface area contributed by atoms with Gasteiger partial charge in [0.15, 0.2) is 11.5 Å². The van der Waals surface area contributed by atoms with Gasteiger partial charge < -0.3 is 29.2 Å². The highest BCUT2D eigenvalue weighted by Gasteiger charge is 2.34. The summed E-state index contributed by atoms with van der Waals surface area (Å²) in [5.74, 6) is 0.184. The van der Waals surface area contributed by atoms with Gasteiger partial charge in [0.2, 0.25) is 11.8 Å². The van der Waals surface area contributed by atoms with Crippen LogP contribution in [0.5, 0.6) is 23.0 Å². The Labute approximate surface area is 263 Å². The van der Waals surface area contributed by atoms with E-state index in [0.717, 1.165) is 4.31 Å². The molecule has 3 aromatic rings. The molecule has 3 rings (SSSR count). The summed E-state index contributed by atoms with van der Waals surface area (Å²) in [5, 5.41) is 3.04. The van der Waals surface area contributed by atoms with Crippen LogP contribution in [0, 0.1) is 0 Å². The van der Waals surface area contributed by atoms with Crippen molar-refractivity contribution >= 4 is 39.1 Å². The van der Waals surface area contributed by atoms with Crippen molar-refractivity contribution in [1.82, 2.24) is 10.2 Å². The molecule has 0 aliphatic heterocycles. The molecule has 0 aliphatic carbocycles. The summed E-state index contributed by atoms with van der Waals surface area (Å²) in [4.78, 5) is 28.5. The fourth-order valence-corrected chi connectivity index (χ4v) is 6.03. The zero-order valence-electron chi connectivity index (χ0n) is 25.8. The number of rotatable bonds is 14. The van der Waals surface area contributed by atoms with E-state index in [1.54, 1.807) is 37.3 Å². The van der Waals surface area contributed by atoms with Gasteiger partial charge in [-0.3, -0.25) is 13.9 Å². The zero-order valence-corrected chi connectivity index (χ0v) is 27.4. The van der Waals surface area contributed by atoms with Gasteiger partial charge in [-0.05, 0) is 68.8 Å². The topological polar surface area (TPSA) is 124 Å². The lowest BCUT2D eigenvalue weighted by Crippen LogP contribution is -2.52. The van der Waals surface area contributed by atoms with Gasteiger partial charge in [0.05, 0.1) is 39.0 Å². The third-order valence-corrected chi connectivity index (χ3v) is 8.71. The van der Waals surface area contributed by atoms with Crippen LogP contribution in [0.3, 0.4) is 0 Å². The van der Waals surface area contributed by atoms with E-state index in [1.807, 2.05) is 13.8 Å². The van der Waals surface area contributed by atoms with Crippen LogP contribution < -0.4 is 28.6 Å². The Morgan fingerprint density at radius 2 is 1.50 bits per heavy atom. The van der Waals surface area contributed by atoms with Crippen LogP contribution in [0.25, 0.3) is 0 Å². The highest BCUT2D eigenvalue weighted by Crippen LogP contribution is 2.37. The van der Waals surface area contributed by atoms with Gasteiger partial charge >= 0.3 is 0 Å². The van der Waals surface area contributed by atoms with E-state index >= 15 is 0 Å². The maximum Gasteiger partial charge on any atom is 0.265 e. The Balaban J connectivity index is 2.16. The van der Waals surface area contributed by atoms with Crippen molar-refractivity contribution in [3.8, 4) is 23.0 Å². The molecule has 0 saturated heterocycles. The molecule has 0 spiro atoms. The highest BCUT2D eigenvalue weighted by molar-refractivity contribution is 7.92. The lowest BCUT2D eigenvalue weighted by Gasteiger charge is -2.32. The SMILES string of the molecule is COc1cccc(CN(C(=O)CN(c2cc(Cl)ccc2OC)S(=O)(=O)c2ccc(OC)c(OC)c2)C(C)C(=O)NC(C)C)c1. The monoisotopic (exact) mass is 647 g/mol. The fourth-order valence-electron chi connectivity index (χ4n) is 4.43. The number of carbonyl (C=O) groups is 2. The van der Waals surface area contributed by atoms with Gasteiger partial charge in [0.25, 0.3) is 10.0 Å². The average Bonchev–Trinajstić information content (AvgIpc) is 3.01. The van der Waals surface area contributed by atoms with Crippen LogP contribution in [-0.2, 0) is 26.2 Å². The molecule has 1 N–H and O–H groups in total. The summed E-state index contributed by atoms with van der Waals surface area (Å²) < 4.78 is 50.9. The van der Waals surface area contributed by atoms with Gasteiger partial charge in [-0.1, -0.05) is 23.7 Å². The molecule has 0 aliphatic rings. The quantitative estimate of drug-likeness (QED) is 0.271. The Morgan fingerprint density at radius 1 is 0.841 bits per heavy atom. The molecule has 0 saturated carbocycles. The molecule has 0 aromatic heterocycles. The first-order valence-electron chi connectivity index (χ1n) is 13.7. The molecule has 0 bridgehead atoms. The molecule has 0 radical (unpaired) electrons. The molecule has 0 heterocycles. The number of anilines is 1. The van der Waals surface area contributed by atoms with Crippen LogP contribution in [-0.4, -0.2) is 72.2 Å². The van der Waals surface area contributed by atoms with E-state index in [-0.39, 0.29) is 39.7 Å². The molecule has 0 fully saturated rings. The number of nitrogens with zero attached hydrogens (tertiary/aromatic N) is 2. The minimum atomic E-state index is -4.45. The smallest absolute Gasteiger partial charge is 0.265 e. The predicted molar refractivity (Wildman–Crippen MR) is 168 cm³/mol. The average molecular weight is 648 g/mol. The fraction of sp³-hybridized carbons (Fsp3) is 0.355. The van der Waals surface area contributed by atoms with Gasteiger partial charge in [0, 0.05) is 23.7 Å². The first-order valence-corrected chi connectivity index (χ1v) is 15.5. The van der Waals surface area contributed by atoms with Crippen molar-refractivity contribution in [2.75, 3.05) is 39.3 Å². The Kier molecular flexibility index (Phi) is 11.7. The molecule has 1 atom stereocenters. The van der Waals surface area contributed by atoms with Crippen LogP contribution in [0.1, 0.15) is 26.3 Å². The molecular weight excluding hydrogens is 610 g/mol. The number of nitrogens with one attached hydrogen (secondary N) is 1. The van der Waals surface area contributed by atoms with E-state index < -0.39 is 34.4 Å². The lowest BCUT2D eigenvalue weighted by atomic mass is 10.1. The van der Waals surface area contributed by atoms with E-state index in [1.165, 1.54) is 63.7 Å². The largest absolute Gasteiger partial charge is 0.497 e. The Morgan fingerprint density at radius 3 is 2.11 bits per heavy atom. The lowest BCUT2D eigenvalue weighted by molar-refractivity contribution is -0.139. The van der Waals surface area contributed by atoms with Gasteiger partial charge in [0.1, 0.15) is 24.1 Å². The second-order valence-electron chi connectivity index (χ2n) is 10.1. The summed E-state index contributed by atoms with van der Waals surface area (Å²) in [6, 6.07) is 14.5. The van der Waals surface area contributed by atoms with Crippen molar-refractivity contribution in [3.63, 3.8) is 0 Å². The molecule has 1 unspecified atom stereocenters. The molecule has 238 valence electrons. The van der Waals surface area contributed by atoms with Crippen LogP contribution in [0.4, 0.5) is 5.69 Å². The van der Waals surface area contributed by atoms with Gasteiger partial charge in [-0.2, -0.15) is 0 Å². The summed E-state index contributed by atoms with van der Waals surface area (Å²) in [6.07, 6.45) is 0. The Hall–Kier alpha value is -4.16. The van der Waals surface area contributed by atoms with E-state index in [0.29, 0.717) is 17.1 Å². The number of methoxy groups -OCH3 is 4. The number of amides is 2. The minimum absolute atomic E-state index is 0.000355. The number of halogens is 1. The first kappa shape index (κ1) is 34.3. The third-order valence-electron chi connectivity index (χ3n) is 6.72. The van der Waals surface area contributed by atoms with Crippen molar-refractivity contribution < 1.29 is 37.0 Å². The van der Waals surface area contributed by atoms with Crippen LogP contribution in [0.15, 0.2) is 65.6 Å². The van der Waals surface area contributed by atoms with E-state index in [4.69, 9.17) is 30.5 Å². The van der Waals surface area contributed by atoms with Crippen molar-refractivity contribution in [2.24, 2.45) is 0 Å². The maximum atomic E-state index is 14.3. The number of sulfonamides is 1. The van der Waals surface area contributed by atoms with Gasteiger partial charge in [-0.25, -0.2) is 8.42 Å². The number of ether oxygens (including phenoxy) is 4. The molecule has 11 nitrogen and oxygen atoms in total. The van der Waals surface area contributed by atoms with Gasteiger partial charge in [-0.15, -0.1) is 0 Å². The summed E-state index contributed by atoms with van der Waals surface area (Å²) in [7, 11) is 1.27. The number of carbonyl (C=O) groups excluding carboxylic acids is 2. The molecular formula is C31H38ClN3O8S. The standard InChI is InChI=1S/C31H38ClN3O8S/c1-20(2)33-31(37)21(3)34(18-22-9-8-10-24(15-22)40-4)30(36)19-35(26-16-23(32)11-13-27(26)41-5)44(38,39)25-12-14-28(42-6)29(17-25)43-7/h8-17,20-21H,18-19H2,1-7H3,(H,33,37). The number of benzene rings is 3. The summed E-state index contributed by atoms with van der Waals surface area (Å²) in [5.41, 5.74) is 0.709. The second kappa shape index (κ2) is 15.0. The summed E-state index contributed by atoms with van der Waals surface area (Å²) in [6.45, 7) is 4.52. The van der Waals surface area contributed by atoms with Crippen molar-refractivity contribution in [1.29, 1.82) is 0 Å². The highest BCUT2D eigenvalue weighted by atomic mass is 35.5. The molecule has 2 amide bonds. The second-order valence-corrected chi connectivity index (χ2v) is 12.4. The van der Waals surface area contributed by atoms with Crippen molar-refractivity contribution in [2.45, 2.75) is 44.3 Å². The summed E-state index contributed by atoms with van der Waals surface area (Å²) >= 11 is 6.30. The normalized spacial score (nSPS) is 11.8. The third kappa shape index (κ3) is 8.06. The van der Waals surface area contributed by atoms with Crippen LogP contribution in [0.2, 0.25) is 5.02 Å². The number of hydrogen-bond acceptors (Lipinski definition) is 8.